The maximum absolute atomic E-state index is 3.67. The van der Waals surface area contributed by atoms with Crippen LogP contribution >= 0.6 is 0 Å². The molecule has 1 heterocycles. The van der Waals surface area contributed by atoms with Gasteiger partial charge in [-0.25, -0.2) is 0 Å². The summed E-state index contributed by atoms with van der Waals surface area (Å²) >= 11 is 0. The van der Waals surface area contributed by atoms with Crippen molar-refractivity contribution < 1.29 is 0 Å². The van der Waals surface area contributed by atoms with E-state index >= 15 is 0 Å². The first-order valence-corrected chi connectivity index (χ1v) is 8.49. The van der Waals surface area contributed by atoms with Gasteiger partial charge in [-0.05, 0) is 57.8 Å². The molecule has 1 fully saturated rings. The molecule has 0 aromatic carbocycles. The molecule has 3 heteroatoms. The summed E-state index contributed by atoms with van der Waals surface area (Å²) in [6.45, 7) is 18.9. The van der Waals surface area contributed by atoms with Crippen LogP contribution < -0.4 is 5.32 Å². The van der Waals surface area contributed by atoms with Crippen molar-refractivity contribution >= 4 is 0 Å². The molecule has 1 aliphatic heterocycles. The van der Waals surface area contributed by atoms with Gasteiger partial charge >= 0.3 is 0 Å². The third kappa shape index (κ3) is 6.11. The van der Waals surface area contributed by atoms with E-state index in [0.717, 1.165) is 19.0 Å². The fraction of sp³-hybridized carbons (Fsp3) is 1.00. The first-order chi connectivity index (χ1) is 9.36. The molecule has 1 N–H and O–H groups in total. The number of likely N-dealkylation sites (N-methyl/N-ethyl adjacent to an activating group) is 1. The summed E-state index contributed by atoms with van der Waals surface area (Å²) in [5.74, 6) is 0.738. The molecule has 1 saturated heterocycles. The van der Waals surface area contributed by atoms with Crippen molar-refractivity contribution in [3.05, 3.63) is 0 Å². The highest BCUT2D eigenvalue weighted by Crippen LogP contribution is 2.24. The summed E-state index contributed by atoms with van der Waals surface area (Å²) in [5, 5.41) is 3.67. The van der Waals surface area contributed by atoms with Crippen molar-refractivity contribution in [2.75, 3.05) is 46.3 Å². The van der Waals surface area contributed by atoms with Crippen molar-refractivity contribution in [2.24, 2.45) is 11.3 Å². The number of hydrogen-bond acceptors (Lipinski definition) is 3. The third-order valence-electron chi connectivity index (χ3n) is 4.73. The van der Waals surface area contributed by atoms with Crippen LogP contribution in [0.4, 0.5) is 0 Å². The van der Waals surface area contributed by atoms with Crippen LogP contribution in [0, 0.1) is 11.3 Å². The highest BCUT2D eigenvalue weighted by molar-refractivity contribution is 4.84. The van der Waals surface area contributed by atoms with Crippen LogP contribution in [-0.4, -0.2) is 62.2 Å². The Morgan fingerprint density at radius 2 is 2.00 bits per heavy atom. The summed E-state index contributed by atoms with van der Waals surface area (Å²) < 4.78 is 0. The van der Waals surface area contributed by atoms with Crippen LogP contribution in [0.1, 0.15) is 47.5 Å². The zero-order valence-corrected chi connectivity index (χ0v) is 14.7. The lowest BCUT2D eigenvalue weighted by atomic mass is 9.86. The van der Waals surface area contributed by atoms with Crippen molar-refractivity contribution in [2.45, 2.75) is 53.5 Å². The van der Waals surface area contributed by atoms with Crippen molar-refractivity contribution in [1.82, 2.24) is 15.1 Å². The van der Waals surface area contributed by atoms with Gasteiger partial charge in [0.2, 0.25) is 0 Å². The van der Waals surface area contributed by atoms with E-state index in [2.05, 4.69) is 56.8 Å². The van der Waals surface area contributed by atoms with E-state index in [9.17, 15) is 0 Å². The van der Waals surface area contributed by atoms with E-state index in [1.54, 1.807) is 0 Å². The number of nitrogens with one attached hydrogen (secondary N) is 1. The molecule has 0 amide bonds. The Morgan fingerprint density at radius 1 is 1.30 bits per heavy atom. The predicted octanol–water partition coefficient (Wildman–Crippen LogP) is 2.67. The van der Waals surface area contributed by atoms with E-state index in [4.69, 9.17) is 0 Å². The number of rotatable bonds is 7. The summed E-state index contributed by atoms with van der Waals surface area (Å²) in [5.41, 5.74) is 0.395. The van der Waals surface area contributed by atoms with E-state index in [1.165, 1.54) is 39.0 Å². The molecular weight excluding hydrogens is 246 g/mol. The fourth-order valence-electron chi connectivity index (χ4n) is 3.10. The third-order valence-corrected chi connectivity index (χ3v) is 4.73. The lowest BCUT2D eigenvalue weighted by Crippen LogP contribution is -2.47. The zero-order valence-electron chi connectivity index (χ0n) is 14.7. The first kappa shape index (κ1) is 17.9. The van der Waals surface area contributed by atoms with Crippen LogP contribution in [0.3, 0.4) is 0 Å². The number of hydrogen-bond donors (Lipinski definition) is 1. The molecule has 0 spiro atoms. The second-order valence-electron chi connectivity index (χ2n) is 7.62. The monoisotopic (exact) mass is 283 g/mol. The minimum absolute atomic E-state index is 0.395. The van der Waals surface area contributed by atoms with Crippen LogP contribution in [-0.2, 0) is 0 Å². The molecule has 1 rings (SSSR count). The van der Waals surface area contributed by atoms with Gasteiger partial charge in [-0.3, -0.25) is 4.90 Å². The van der Waals surface area contributed by atoms with Crippen LogP contribution in [0.25, 0.3) is 0 Å². The molecule has 3 nitrogen and oxygen atoms in total. The van der Waals surface area contributed by atoms with E-state index in [1.807, 2.05) is 0 Å². The molecule has 0 radical (unpaired) electrons. The van der Waals surface area contributed by atoms with Gasteiger partial charge < -0.3 is 10.2 Å². The minimum atomic E-state index is 0.395. The Bertz CT molecular complexity index is 267. The molecule has 2 unspecified atom stereocenters. The van der Waals surface area contributed by atoms with Gasteiger partial charge in [-0.1, -0.05) is 27.7 Å². The molecule has 0 aliphatic carbocycles. The van der Waals surface area contributed by atoms with E-state index in [-0.39, 0.29) is 0 Å². The molecule has 120 valence electrons. The highest BCUT2D eigenvalue weighted by atomic mass is 15.2. The van der Waals surface area contributed by atoms with Gasteiger partial charge in [0.05, 0.1) is 0 Å². The predicted molar refractivity (Wildman–Crippen MR) is 89.3 cm³/mol. The molecule has 2 atom stereocenters. The van der Waals surface area contributed by atoms with Gasteiger partial charge in [0, 0.05) is 25.7 Å². The Balaban J connectivity index is 2.52. The normalized spacial score (nSPS) is 25.6. The van der Waals surface area contributed by atoms with Gasteiger partial charge in [0.1, 0.15) is 0 Å². The maximum atomic E-state index is 3.67. The highest BCUT2D eigenvalue weighted by Gasteiger charge is 2.28. The zero-order chi connectivity index (χ0) is 15.2. The average Bonchev–Trinajstić information content (AvgIpc) is 2.51. The van der Waals surface area contributed by atoms with Crippen LogP contribution in [0.15, 0.2) is 0 Å². The lowest BCUT2D eigenvalue weighted by molar-refractivity contribution is 0.120. The maximum Gasteiger partial charge on any atom is 0.0195 e. The van der Waals surface area contributed by atoms with Gasteiger partial charge in [-0.2, -0.15) is 0 Å². The average molecular weight is 284 g/mol. The molecule has 0 bridgehead atoms. The van der Waals surface area contributed by atoms with Crippen molar-refractivity contribution in [1.29, 1.82) is 0 Å². The van der Waals surface area contributed by atoms with Gasteiger partial charge in [-0.15, -0.1) is 0 Å². The van der Waals surface area contributed by atoms with Crippen molar-refractivity contribution in [3.63, 3.8) is 0 Å². The minimum Gasteiger partial charge on any atom is -0.316 e. The summed E-state index contributed by atoms with van der Waals surface area (Å²) in [7, 11) is 2.25. The Kier molecular flexibility index (Phi) is 7.49. The fourth-order valence-corrected chi connectivity index (χ4v) is 3.10. The van der Waals surface area contributed by atoms with Crippen molar-refractivity contribution in [3.8, 4) is 0 Å². The molecule has 0 aromatic heterocycles. The van der Waals surface area contributed by atoms with E-state index in [0.29, 0.717) is 11.5 Å². The van der Waals surface area contributed by atoms with Gasteiger partial charge in [0.25, 0.3) is 0 Å². The molecule has 0 saturated carbocycles. The van der Waals surface area contributed by atoms with E-state index < -0.39 is 0 Å². The number of nitrogens with zero attached hydrogens (tertiary/aromatic N) is 2. The largest absolute Gasteiger partial charge is 0.316 e. The molecular formula is C17H37N3. The topological polar surface area (TPSA) is 18.5 Å². The lowest BCUT2D eigenvalue weighted by Gasteiger charge is -2.38. The summed E-state index contributed by atoms with van der Waals surface area (Å²) in [6, 6.07) is 0.679. The molecule has 20 heavy (non-hydrogen) atoms. The smallest absolute Gasteiger partial charge is 0.0195 e. The summed E-state index contributed by atoms with van der Waals surface area (Å²) in [4.78, 5) is 5.19. The van der Waals surface area contributed by atoms with Crippen LogP contribution in [0.2, 0.25) is 0 Å². The molecule has 0 aromatic rings. The second kappa shape index (κ2) is 8.35. The summed E-state index contributed by atoms with van der Waals surface area (Å²) in [6.07, 6.45) is 2.55. The standard InChI is InChI=1S/C17H37N3/c1-7-17(5,13-18-11-15(2)3)14-20-10-8-9-19(6)12-16(20)4/h15-16,18H,7-14H2,1-6H3. The molecule has 1 aliphatic rings. The quantitative estimate of drug-likeness (QED) is 0.775. The van der Waals surface area contributed by atoms with Gasteiger partial charge in [0.15, 0.2) is 0 Å². The van der Waals surface area contributed by atoms with Crippen LogP contribution in [0.5, 0.6) is 0 Å². The Morgan fingerprint density at radius 3 is 2.60 bits per heavy atom. The second-order valence-corrected chi connectivity index (χ2v) is 7.62. The Labute approximate surface area is 127 Å². The Hall–Kier alpha value is -0.120. The SMILES string of the molecule is CCC(C)(CNCC(C)C)CN1CCCN(C)CC1C. The first-order valence-electron chi connectivity index (χ1n) is 8.49.